The molecule has 0 saturated carbocycles. The molecule has 0 aliphatic carbocycles. The topological polar surface area (TPSA) is 52.6 Å². The van der Waals surface area contributed by atoms with Crippen LogP contribution in [-0.2, 0) is 4.79 Å². The van der Waals surface area contributed by atoms with Gasteiger partial charge in [-0.15, -0.1) is 0 Å². The predicted octanol–water partition coefficient (Wildman–Crippen LogP) is 3.11. The second-order valence-electron chi connectivity index (χ2n) is 6.98. The van der Waals surface area contributed by atoms with Crippen molar-refractivity contribution in [2.75, 3.05) is 26.2 Å². The Morgan fingerprint density at radius 1 is 1.20 bits per heavy atom. The molecule has 1 amide bonds. The predicted molar refractivity (Wildman–Crippen MR) is 101 cm³/mol. The van der Waals surface area contributed by atoms with Crippen molar-refractivity contribution in [2.24, 2.45) is 5.92 Å². The van der Waals surface area contributed by atoms with Crippen LogP contribution in [0, 0.1) is 5.92 Å². The highest BCUT2D eigenvalue weighted by Gasteiger charge is 2.24. The second kappa shape index (κ2) is 8.45. The van der Waals surface area contributed by atoms with E-state index in [1.807, 2.05) is 36.4 Å². The lowest BCUT2D eigenvalue weighted by molar-refractivity contribution is -0.126. The Labute approximate surface area is 149 Å². The summed E-state index contributed by atoms with van der Waals surface area (Å²) in [6.45, 7) is 5.58. The number of fused-ring (bicyclic) bond motifs is 1. The lowest BCUT2D eigenvalue weighted by atomic mass is 9.95. The fourth-order valence-corrected chi connectivity index (χ4v) is 3.61. The van der Waals surface area contributed by atoms with E-state index >= 15 is 0 Å². The molecule has 1 aliphatic rings. The van der Waals surface area contributed by atoms with Crippen LogP contribution >= 0.6 is 0 Å². The molecular formula is C21H28N2O2. The molecule has 1 unspecified atom stereocenters. The number of rotatable bonds is 6. The molecule has 4 heteroatoms. The van der Waals surface area contributed by atoms with Crippen molar-refractivity contribution in [3.05, 3.63) is 48.0 Å². The highest BCUT2D eigenvalue weighted by molar-refractivity contribution is 5.83. The number of aliphatic hydroxyl groups is 1. The molecule has 0 aromatic heterocycles. The first-order chi connectivity index (χ1) is 12.2. The van der Waals surface area contributed by atoms with Crippen LogP contribution in [0.4, 0.5) is 0 Å². The highest BCUT2D eigenvalue weighted by atomic mass is 16.3. The molecule has 0 spiro atoms. The number of aliphatic hydroxyl groups excluding tert-OH is 1. The Bertz CT molecular complexity index is 708. The molecule has 2 aromatic rings. The molecule has 3 rings (SSSR count). The van der Waals surface area contributed by atoms with E-state index in [4.69, 9.17) is 0 Å². The van der Waals surface area contributed by atoms with Crippen LogP contribution in [0.5, 0.6) is 0 Å². The fraction of sp³-hybridized carbons (Fsp3) is 0.476. The second-order valence-corrected chi connectivity index (χ2v) is 6.98. The van der Waals surface area contributed by atoms with Gasteiger partial charge in [0.1, 0.15) is 0 Å². The number of benzene rings is 2. The average molecular weight is 340 g/mol. The van der Waals surface area contributed by atoms with Gasteiger partial charge in [-0.05, 0) is 61.3 Å². The largest absolute Gasteiger partial charge is 0.387 e. The molecule has 1 fully saturated rings. The smallest absolute Gasteiger partial charge is 0.223 e. The molecule has 2 N–H and O–H groups in total. The van der Waals surface area contributed by atoms with E-state index in [0.717, 1.165) is 55.2 Å². The van der Waals surface area contributed by atoms with E-state index < -0.39 is 6.10 Å². The number of nitrogens with one attached hydrogen (secondary N) is 1. The van der Waals surface area contributed by atoms with Gasteiger partial charge in [0.15, 0.2) is 0 Å². The van der Waals surface area contributed by atoms with Gasteiger partial charge in [0.2, 0.25) is 5.91 Å². The Kier molecular flexibility index (Phi) is 6.05. The van der Waals surface area contributed by atoms with E-state index in [1.54, 1.807) is 0 Å². The van der Waals surface area contributed by atoms with Gasteiger partial charge in [-0.3, -0.25) is 4.79 Å². The average Bonchev–Trinajstić information content (AvgIpc) is 2.66. The Morgan fingerprint density at radius 2 is 1.92 bits per heavy atom. The Hall–Kier alpha value is -1.91. The van der Waals surface area contributed by atoms with E-state index in [0.29, 0.717) is 0 Å². The van der Waals surface area contributed by atoms with Gasteiger partial charge in [0, 0.05) is 12.5 Å². The van der Waals surface area contributed by atoms with Crippen LogP contribution in [0.25, 0.3) is 10.8 Å². The van der Waals surface area contributed by atoms with Gasteiger partial charge in [-0.2, -0.15) is 0 Å². The standard InChI is InChI=1S/C21H28N2O2/c1-2-11-23-12-9-17(10-13-23)21(25)22-15-20(24)19-8-7-16-5-3-4-6-18(16)14-19/h3-8,14,17,20,24H,2,9-13,15H2,1H3,(H,22,25). The number of carbonyl (C=O) groups excluding carboxylic acids is 1. The fourth-order valence-electron chi connectivity index (χ4n) is 3.61. The number of nitrogens with zero attached hydrogens (tertiary/aromatic N) is 1. The van der Waals surface area contributed by atoms with E-state index in [-0.39, 0.29) is 18.4 Å². The number of hydrogen-bond acceptors (Lipinski definition) is 3. The third-order valence-corrected chi connectivity index (χ3v) is 5.13. The number of hydrogen-bond donors (Lipinski definition) is 2. The quantitative estimate of drug-likeness (QED) is 0.849. The number of likely N-dealkylation sites (tertiary alicyclic amines) is 1. The zero-order valence-corrected chi connectivity index (χ0v) is 14.9. The number of piperidine rings is 1. The first-order valence-corrected chi connectivity index (χ1v) is 9.34. The van der Waals surface area contributed by atoms with Crippen molar-refractivity contribution < 1.29 is 9.90 Å². The number of amides is 1. The monoisotopic (exact) mass is 340 g/mol. The van der Waals surface area contributed by atoms with Crippen molar-refractivity contribution in [1.82, 2.24) is 10.2 Å². The van der Waals surface area contributed by atoms with Crippen molar-refractivity contribution in [2.45, 2.75) is 32.3 Å². The van der Waals surface area contributed by atoms with Crippen LogP contribution in [0.2, 0.25) is 0 Å². The molecular weight excluding hydrogens is 312 g/mol. The SMILES string of the molecule is CCCN1CCC(C(=O)NCC(O)c2ccc3ccccc3c2)CC1. The zero-order chi connectivity index (χ0) is 17.6. The van der Waals surface area contributed by atoms with Gasteiger partial charge in [0.05, 0.1) is 6.10 Å². The maximum atomic E-state index is 12.4. The molecule has 0 radical (unpaired) electrons. The maximum Gasteiger partial charge on any atom is 0.223 e. The van der Waals surface area contributed by atoms with Gasteiger partial charge in [-0.25, -0.2) is 0 Å². The van der Waals surface area contributed by atoms with Gasteiger partial charge < -0.3 is 15.3 Å². The molecule has 1 atom stereocenters. The molecule has 2 aromatic carbocycles. The summed E-state index contributed by atoms with van der Waals surface area (Å²) < 4.78 is 0. The van der Waals surface area contributed by atoms with Crippen molar-refractivity contribution in [3.63, 3.8) is 0 Å². The van der Waals surface area contributed by atoms with Crippen LogP contribution in [0.1, 0.15) is 37.9 Å². The molecule has 0 bridgehead atoms. The third-order valence-electron chi connectivity index (χ3n) is 5.13. The Balaban J connectivity index is 1.51. The minimum Gasteiger partial charge on any atom is -0.387 e. The summed E-state index contributed by atoms with van der Waals surface area (Å²) in [5.41, 5.74) is 0.844. The first kappa shape index (κ1) is 17.9. The number of carbonyl (C=O) groups is 1. The lowest BCUT2D eigenvalue weighted by Gasteiger charge is -2.31. The summed E-state index contributed by atoms with van der Waals surface area (Å²) >= 11 is 0. The molecule has 1 aliphatic heterocycles. The van der Waals surface area contributed by atoms with Gasteiger partial charge in [0.25, 0.3) is 0 Å². The maximum absolute atomic E-state index is 12.4. The lowest BCUT2D eigenvalue weighted by Crippen LogP contribution is -2.41. The summed E-state index contributed by atoms with van der Waals surface area (Å²) in [4.78, 5) is 14.8. The normalized spacial score (nSPS) is 17.5. The summed E-state index contributed by atoms with van der Waals surface area (Å²) in [6.07, 6.45) is 2.32. The van der Waals surface area contributed by atoms with E-state index in [2.05, 4.69) is 23.2 Å². The van der Waals surface area contributed by atoms with Crippen molar-refractivity contribution in [1.29, 1.82) is 0 Å². The molecule has 1 saturated heterocycles. The Morgan fingerprint density at radius 3 is 2.64 bits per heavy atom. The minimum absolute atomic E-state index is 0.0796. The van der Waals surface area contributed by atoms with Crippen LogP contribution in [0.15, 0.2) is 42.5 Å². The van der Waals surface area contributed by atoms with Crippen LogP contribution in [-0.4, -0.2) is 42.1 Å². The van der Waals surface area contributed by atoms with Crippen molar-refractivity contribution in [3.8, 4) is 0 Å². The highest BCUT2D eigenvalue weighted by Crippen LogP contribution is 2.21. The molecule has 4 nitrogen and oxygen atoms in total. The third kappa shape index (κ3) is 4.59. The van der Waals surface area contributed by atoms with E-state index in [9.17, 15) is 9.90 Å². The first-order valence-electron chi connectivity index (χ1n) is 9.34. The molecule has 1 heterocycles. The summed E-state index contributed by atoms with van der Waals surface area (Å²) in [5, 5.41) is 15.6. The van der Waals surface area contributed by atoms with Gasteiger partial charge in [-0.1, -0.05) is 43.3 Å². The summed E-state index contributed by atoms with van der Waals surface area (Å²) in [6, 6.07) is 14.0. The molecule has 134 valence electrons. The minimum atomic E-state index is -0.672. The molecule has 25 heavy (non-hydrogen) atoms. The van der Waals surface area contributed by atoms with Crippen LogP contribution in [0.3, 0.4) is 0 Å². The summed E-state index contributed by atoms with van der Waals surface area (Å²) in [5.74, 6) is 0.160. The van der Waals surface area contributed by atoms with Crippen LogP contribution < -0.4 is 5.32 Å². The summed E-state index contributed by atoms with van der Waals surface area (Å²) in [7, 11) is 0. The van der Waals surface area contributed by atoms with Gasteiger partial charge >= 0.3 is 0 Å². The van der Waals surface area contributed by atoms with Crippen molar-refractivity contribution >= 4 is 16.7 Å². The zero-order valence-electron chi connectivity index (χ0n) is 14.9. The van der Waals surface area contributed by atoms with E-state index in [1.165, 1.54) is 0 Å².